The van der Waals surface area contributed by atoms with E-state index in [0.29, 0.717) is 24.5 Å². The number of rotatable bonds is 4. The molecule has 9 heteroatoms. The van der Waals surface area contributed by atoms with Gasteiger partial charge in [0.05, 0.1) is 6.10 Å². The molecule has 0 aromatic rings. The summed E-state index contributed by atoms with van der Waals surface area (Å²) in [5.41, 5.74) is 5.54. The minimum absolute atomic E-state index is 0.0801. The van der Waals surface area contributed by atoms with Gasteiger partial charge in [-0.25, -0.2) is 4.99 Å². The summed E-state index contributed by atoms with van der Waals surface area (Å²) in [5, 5.41) is 0. The number of amidine groups is 1. The van der Waals surface area contributed by atoms with Crippen LogP contribution in [0.25, 0.3) is 0 Å². The van der Waals surface area contributed by atoms with E-state index in [1.165, 1.54) is 0 Å². The van der Waals surface area contributed by atoms with Crippen molar-refractivity contribution in [2.24, 2.45) is 10.7 Å². The van der Waals surface area contributed by atoms with Crippen LogP contribution in [0.1, 0.15) is 12.8 Å². The second kappa shape index (κ2) is 5.54. The van der Waals surface area contributed by atoms with Gasteiger partial charge in [-0.3, -0.25) is 0 Å². The van der Waals surface area contributed by atoms with Crippen molar-refractivity contribution in [3.05, 3.63) is 24.7 Å². The smallest absolute Gasteiger partial charge is 0.384 e. The molecule has 1 fully saturated rings. The van der Waals surface area contributed by atoms with Crippen LogP contribution >= 0.6 is 8.17 Å². The molecule has 0 aliphatic carbocycles. The van der Waals surface area contributed by atoms with Gasteiger partial charge in [-0.15, -0.1) is 0 Å². The van der Waals surface area contributed by atoms with Crippen LogP contribution in [0, 0.1) is 0 Å². The van der Waals surface area contributed by atoms with E-state index in [2.05, 4.69) is 16.1 Å². The maximum atomic E-state index is 8.74. The van der Waals surface area contributed by atoms with Gasteiger partial charge >= 0.3 is 8.17 Å². The van der Waals surface area contributed by atoms with E-state index in [9.17, 15) is 0 Å². The van der Waals surface area contributed by atoms with Crippen LogP contribution < -0.4 is 5.73 Å². The predicted octanol–water partition coefficient (Wildman–Crippen LogP) is -0.180. The lowest BCUT2D eigenvalue weighted by Crippen LogP contribution is -2.33. The van der Waals surface area contributed by atoms with Crippen LogP contribution in [0.5, 0.6) is 0 Å². The van der Waals surface area contributed by atoms with E-state index in [0.717, 1.165) is 0 Å². The number of hydrogen-bond acceptors (Lipinski definition) is 8. The third-order valence-electron chi connectivity index (χ3n) is 2.79. The van der Waals surface area contributed by atoms with Gasteiger partial charge in [0.15, 0.2) is 0 Å². The first-order valence-corrected chi connectivity index (χ1v) is 7.28. The van der Waals surface area contributed by atoms with Crippen molar-refractivity contribution in [1.29, 1.82) is 0 Å². The summed E-state index contributed by atoms with van der Waals surface area (Å²) in [6, 6.07) is 0. The average Bonchev–Trinajstić information content (AvgIpc) is 2.74. The molecule has 0 aromatic carbocycles. The Kier molecular flexibility index (Phi) is 4.19. The van der Waals surface area contributed by atoms with Crippen molar-refractivity contribution in [2.75, 3.05) is 6.61 Å². The molecule has 2 aliphatic heterocycles. The monoisotopic (exact) mass is 290 g/mol. The SMILES string of the molecule is C=C1N=C(N)C=CN1C1CCC(CO[P+](O)(O)O)O1. The molecule has 106 valence electrons. The van der Waals surface area contributed by atoms with Crippen LogP contribution in [0.4, 0.5) is 0 Å². The zero-order valence-electron chi connectivity index (χ0n) is 10.2. The summed E-state index contributed by atoms with van der Waals surface area (Å²) in [6.07, 6.45) is 4.19. The highest BCUT2D eigenvalue weighted by atomic mass is 31.2. The van der Waals surface area contributed by atoms with E-state index < -0.39 is 8.17 Å². The summed E-state index contributed by atoms with van der Waals surface area (Å²) in [6.45, 7) is 3.70. The summed E-state index contributed by atoms with van der Waals surface area (Å²) < 4.78 is 10.2. The molecule has 2 heterocycles. The van der Waals surface area contributed by atoms with Crippen molar-refractivity contribution < 1.29 is 23.9 Å². The van der Waals surface area contributed by atoms with Crippen LogP contribution in [0.15, 0.2) is 29.7 Å². The minimum Gasteiger partial charge on any atom is -0.384 e. The standard InChI is InChI=1S/C10H17N3O5P/c1-7-12-9(11)4-5-13(7)10-3-2-8(18-10)6-17-19(14,15)16/h4-5,8,10,14-16H,1-3,6H2,(H2,11,12)/q+1. The summed E-state index contributed by atoms with van der Waals surface area (Å²) in [5.74, 6) is 0.870. The quantitative estimate of drug-likeness (QED) is 0.530. The molecular formula is C10H17N3O5P+. The van der Waals surface area contributed by atoms with Gasteiger partial charge in [0, 0.05) is 6.20 Å². The Morgan fingerprint density at radius 1 is 1.53 bits per heavy atom. The molecule has 2 atom stereocenters. The predicted molar refractivity (Wildman–Crippen MR) is 69.2 cm³/mol. The highest BCUT2D eigenvalue weighted by molar-refractivity contribution is 7.53. The Morgan fingerprint density at radius 3 is 2.89 bits per heavy atom. The Bertz CT molecular complexity index is 420. The molecule has 0 aromatic heterocycles. The fourth-order valence-electron chi connectivity index (χ4n) is 1.95. The van der Waals surface area contributed by atoms with Crippen LogP contribution in [-0.4, -0.2) is 44.4 Å². The molecule has 0 amide bonds. The van der Waals surface area contributed by atoms with Gasteiger partial charge in [0.2, 0.25) is 0 Å². The van der Waals surface area contributed by atoms with E-state index in [1.54, 1.807) is 17.2 Å². The fraction of sp³-hybridized carbons (Fsp3) is 0.500. The van der Waals surface area contributed by atoms with E-state index in [1.807, 2.05) is 0 Å². The number of nitrogens with two attached hydrogens (primary N) is 1. The highest BCUT2D eigenvalue weighted by Gasteiger charge is 2.37. The van der Waals surface area contributed by atoms with Crippen molar-refractivity contribution in [3.8, 4) is 0 Å². The van der Waals surface area contributed by atoms with Gasteiger partial charge in [0.1, 0.15) is 24.5 Å². The lowest BCUT2D eigenvalue weighted by atomic mass is 10.2. The van der Waals surface area contributed by atoms with Crippen LogP contribution in [0.3, 0.4) is 0 Å². The second-order valence-corrected chi connectivity index (χ2v) is 5.56. The second-order valence-electron chi connectivity index (χ2n) is 4.28. The third kappa shape index (κ3) is 3.97. The lowest BCUT2D eigenvalue weighted by Gasteiger charge is -2.28. The van der Waals surface area contributed by atoms with Crippen molar-refractivity contribution >= 4 is 14.0 Å². The first-order valence-electron chi connectivity index (χ1n) is 5.72. The molecule has 5 N–H and O–H groups in total. The van der Waals surface area contributed by atoms with E-state index in [4.69, 9.17) is 25.2 Å². The summed E-state index contributed by atoms with van der Waals surface area (Å²) in [4.78, 5) is 32.0. The molecule has 0 radical (unpaired) electrons. The number of ether oxygens (including phenoxy) is 1. The Morgan fingerprint density at radius 2 is 2.26 bits per heavy atom. The van der Waals surface area contributed by atoms with E-state index in [-0.39, 0.29) is 18.9 Å². The number of hydrogen-bond donors (Lipinski definition) is 4. The first-order chi connectivity index (χ1) is 8.85. The topological polar surface area (TPSA) is 121 Å². The van der Waals surface area contributed by atoms with Crippen molar-refractivity contribution in [2.45, 2.75) is 25.2 Å². The summed E-state index contributed by atoms with van der Waals surface area (Å²) >= 11 is 0. The molecule has 0 spiro atoms. The zero-order valence-corrected chi connectivity index (χ0v) is 11.1. The lowest BCUT2D eigenvalue weighted by molar-refractivity contribution is -0.0413. The third-order valence-corrected chi connectivity index (χ3v) is 3.29. The minimum atomic E-state index is -4.20. The maximum absolute atomic E-state index is 8.74. The number of aliphatic imine (C=N–C) groups is 1. The van der Waals surface area contributed by atoms with Crippen molar-refractivity contribution in [1.82, 2.24) is 4.90 Å². The number of nitrogens with zero attached hydrogens (tertiary/aromatic N) is 2. The Hall–Kier alpha value is -1.02. The molecule has 0 bridgehead atoms. The average molecular weight is 290 g/mol. The summed E-state index contributed by atoms with van der Waals surface area (Å²) in [7, 11) is -4.20. The Balaban J connectivity index is 1.86. The molecule has 19 heavy (non-hydrogen) atoms. The first kappa shape index (κ1) is 14.4. The molecule has 1 saturated heterocycles. The molecular weight excluding hydrogens is 273 g/mol. The normalized spacial score (nSPS) is 27.8. The highest BCUT2D eigenvalue weighted by Crippen LogP contribution is 2.46. The van der Waals surface area contributed by atoms with Gasteiger partial charge in [-0.1, -0.05) is 6.58 Å². The zero-order chi connectivity index (χ0) is 14.0. The van der Waals surface area contributed by atoms with Crippen LogP contribution in [-0.2, 0) is 9.26 Å². The van der Waals surface area contributed by atoms with Gasteiger partial charge in [0.25, 0.3) is 0 Å². The molecule has 2 unspecified atom stereocenters. The van der Waals surface area contributed by atoms with Gasteiger partial charge in [-0.05, 0) is 18.9 Å². The van der Waals surface area contributed by atoms with E-state index >= 15 is 0 Å². The van der Waals surface area contributed by atoms with Crippen LogP contribution in [0.2, 0.25) is 0 Å². The fourth-order valence-corrected chi connectivity index (χ4v) is 2.31. The molecule has 2 rings (SSSR count). The van der Waals surface area contributed by atoms with Crippen molar-refractivity contribution in [3.63, 3.8) is 0 Å². The maximum Gasteiger partial charge on any atom is 0.567 e. The van der Waals surface area contributed by atoms with Gasteiger partial charge < -0.3 is 15.4 Å². The largest absolute Gasteiger partial charge is 0.567 e. The molecule has 0 saturated carbocycles. The molecule has 8 nitrogen and oxygen atoms in total. The van der Waals surface area contributed by atoms with Gasteiger partial charge in [-0.2, -0.15) is 19.2 Å². The Labute approximate surface area is 111 Å². The molecule has 2 aliphatic rings.